The number of halogens is 1. The fraction of sp³-hybridized carbons (Fsp3) is 0.273. The van der Waals surface area contributed by atoms with Gasteiger partial charge in [-0.1, -0.05) is 11.6 Å². The molecule has 0 aliphatic rings. The van der Waals surface area contributed by atoms with Gasteiger partial charge in [0.15, 0.2) is 11.5 Å². The maximum absolute atomic E-state index is 12.5. The van der Waals surface area contributed by atoms with E-state index in [9.17, 15) is 14.9 Å². The molecule has 3 rings (SSSR count). The molecule has 3 aromatic rings. The molecule has 1 amide bonds. The monoisotopic (exact) mass is 475 g/mol. The summed E-state index contributed by atoms with van der Waals surface area (Å²) < 4.78 is 11.0. The number of aromatic nitrogens is 1. The van der Waals surface area contributed by atoms with Crippen molar-refractivity contribution in [3.63, 3.8) is 0 Å². The number of nitro benzene ring substituents is 1. The van der Waals surface area contributed by atoms with E-state index < -0.39 is 4.92 Å². The minimum atomic E-state index is -0.578. The fourth-order valence-corrected chi connectivity index (χ4v) is 3.94. The third-order valence-electron chi connectivity index (χ3n) is 4.53. The highest BCUT2D eigenvalue weighted by atomic mass is 35.5. The van der Waals surface area contributed by atoms with E-state index in [2.05, 4.69) is 10.3 Å². The summed E-state index contributed by atoms with van der Waals surface area (Å²) in [6, 6.07) is 8.76. The van der Waals surface area contributed by atoms with Gasteiger partial charge in [-0.05, 0) is 56.5 Å². The Bertz CT molecular complexity index is 1120. The van der Waals surface area contributed by atoms with Crippen LogP contribution in [-0.4, -0.2) is 29.5 Å². The first-order valence-electron chi connectivity index (χ1n) is 9.86. The lowest BCUT2D eigenvalue weighted by atomic mass is 10.1. The number of carbonyl (C=O) groups is 1. The second-order valence-corrected chi connectivity index (χ2v) is 8.31. The lowest BCUT2D eigenvalue weighted by Gasteiger charge is -2.12. The van der Waals surface area contributed by atoms with Gasteiger partial charge in [0, 0.05) is 34.3 Å². The number of ether oxygens (including phenoxy) is 2. The third kappa shape index (κ3) is 6.18. The van der Waals surface area contributed by atoms with E-state index in [1.54, 1.807) is 17.4 Å². The van der Waals surface area contributed by atoms with Gasteiger partial charge in [0.2, 0.25) is 5.75 Å². The third-order valence-corrected chi connectivity index (χ3v) is 5.79. The zero-order valence-electron chi connectivity index (χ0n) is 17.6. The molecule has 0 bridgehead atoms. The number of methoxy groups -OCH3 is 1. The lowest BCUT2D eigenvalue weighted by Crippen LogP contribution is -2.24. The number of benzene rings is 2. The summed E-state index contributed by atoms with van der Waals surface area (Å²) in [6.07, 6.45) is 2.66. The largest absolute Gasteiger partial charge is 0.493 e. The van der Waals surface area contributed by atoms with Crippen LogP contribution in [-0.2, 0) is 6.42 Å². The molecule has 10 heteroatoms. The van der Waals surface area contributed by atoms with Gasteiger partial charge >= 0.3 is 5.69 Å². The summed E-state index contributed by atoms with van der Waals surface area (Å²) in [4.78, 5) is 27.6. The van der Waals surface area contributed by atoms with Crippen molar-refractivity contribution in [1.82, 2.24) is 10.3 Å². The average molecular weight is 476 g/mol. The first-order valence-corrected chi connectivity index (χ1v) is 11.1. The minimum Gasteiger partial charge on any atom is -0.493 e. The Balaban J connectivity index is 1.59. The number of hydrogen-bond acceptors (Lipinski definition) is 7. The Morgan fingerprint density at radius 3 is 2.66 bits per heavy atom. The van der Waals surface area contributed by atoms with Gasteiger partial charge in [-0.3, -0.25) is 14.9 Å². The predicted molar refractivity (Wildman–Crippen MR) is 123 cm³/mol. The van der Waals surface area contributed by atoms with Crippen LogP contribution < -0.4 is 14.8 Å². The van der Waals surface area contributed by atoms with Crippen LogP contribution in [0.2, 0.25) is 5.02 Å². The molecular formula is C22H22ClN3O5S. The molecule has 1 N–H and O–H groups in total. The number of nitrogens with zero attached hydrogens (tertiary/aromatic N) is 2. The maximum Gasteiger partial charge on any atom is 0.313 e. The number of rotatable bonds is 10. The summed E-state index contributed by atoms with van der Waals surface area (Å²) in [7, 11) is 1.43. The van der Waals surface area contributed by atoms with Gasteiger partial charge in [-0.15, -0.1) is 11.3 Å². The molecule has 32 heavy (non-hydrogen) atoms. The topological polar surface area (TPSA) is 104 Å². The van der Waals surface area contributed by atoms with Crippen molar-refractivity contribution in [2.45, 2.75) is 26.2 Å². The van der Waals surface area contributed by atoms with Crippen LogP contribution >= 0.6 is 22.9 Å². The van der Waals surface area contributed by atoms with Gasteiger partial charge in [0.1, 0.15) is 0 Å². The summed E-state index contributed by atoms with van der Waals surface area (Å²) in [5.41, 5.74) is 1.16. The zero-order chi connectivity index (χ0) is 23.1. The smallest absolute Gasteiger partial charge is 0.313 e. The standard InChI is InChI=1S/C22H22ClN3O5S/c1-14-13-32-21(25-14)5-3-4-10-24-22(27)15-6-8-19(20(11-15)30-2)31-18-9-7-16(23)12-17(18)26(28)29/h6-9,11-13H,3-5,10H2,1-2H3,(H,24,27). The Morgan fingerprint density at radius 2 is 1.97 bits per heavy atom. The van der Waals surface area contributed by atoms with Crippen LogP contribution in [0, 0.1) is 17.0 Å². The van der Waals surface area contributed by atoms with E-state index in [1.807, 2.05) is 12.3 Å². The van der Waals surface area contributed by atoms with Crippen LogP contribution in [0.3, 0.4) is 0 Å². The second kappa shape index (κ2) is 10.9. The van der Waals surface area contributed by atoms with Gasteiger partial charge in [0.25, 0.3) is 5.91 Å². The highest BCUT2D eigenvalue weighted by Crippen LogP contribution is 2.37. The second-order valence-electron chi connectivity index (χ2n) is 6.93. The molecule has 0 saturated heterocycles. The fourth-order valence-electron chi connectivity index (χ4n) is 2.95. The van der Waals surface area contributed by atoms with E-state index in [0.29, 0.717) is 12.1 Å². The molecule has 0 radical (unpaired) electrons. The summed E-state index contributed by atoms with van der Waals surface area (Å²) in [5.74, 6) is 0.303. The van der Waals surface area contributed by atoms with Crippen molar-refractivity contribution in [3.8, 4) is 17.2 Å². The van der Waals surface area contributed by atoms with Gasteiger partial charge in [0.05, 0.1) is 17.0 Å². The Hall–Kier alpha value is -3.17. The van der Waals surface area contributed by atoms with Crippen LogP contribution in [0.4, 0.5) is 5.69 Å². The SMILES string of the molecule is COc1cc(C(=O)NCCCCc2nc(C)cs2)ccc1Oc1ccc(Cl)cc1[N+](=O)[O-]. The Labute approximate surface area is 194 Å². The molecular weight excluding hydrogens is 454 g/mol. The summed E-state index contributed by atoms with van der Waals surface area (Å²) >= 11 is 7.49. The molecule has 0 aliphatic heterocycles. The van der Waals surface area contributed by atoms with Gasteiger partial charge in [-0.25, -0.2) is 4.98 Å². The number of thiazole rings is 1. The molecule has 8 nitrogen and oxygen atoms in total. The van der Waals surface area contributed by atoms with E-state index in [1.165, 1.54) is 37.4 Å². The number of nitro groups is 1. The predicted octanol–water partition coefficient (Wildman–Crippen LogP) is 5.57. The van der Waals surface area contributed by atoms with Gasteiger partial charge < -0.3 is 14.8 Å². The molecule has 2 aromatic carbocycles. The highest BCUT2D eigenvalue weighted by molar-refractivity contribution is 7.09. The number of hydrogen-bond donors (Lipinski definition) is 1. The minimum absolute atomic E-state index is 0.0188. The van der Waals surface area contributed by atoms with Crippen molar-refractivity contribution in [2.75, 3.05) is 13.7 Å². The first kappa shape index (κ1) is 23.5. The molecule has 0 aliphatic carbocycles. The zero-order valence-corrected chi connectivity index (χ0v) is 19.2. The Morgan fingerprint density at radius 1 is 1.19 bits per heavy atom. The molecule has 0 fully saturated rings. The van der Waals surface area contributed by atoms with Crippen LogP contribution in [0.1, 0.15) is 33.9 Å². The highest BCUT2D eigenvalue weighted by Gasteiger charge is 2.19. The van der Waals surface area contributed by atoms with Gasteiger partial charge in [-0.2, -0.15) is 0 Å². The van der Waals surface area contributed by atoms with E-state index in [-0.39, 0.29) is 33.9 Å². The normalized spacial score (nSPS) is 10.6. The molecule has 168 valence electrons. The average Bonchev–Trinajstić information content (AvgIpc) is 3.19. The number of nitrogens with one attached hydrogen (secondary N) is 1. The first-order chi connectivity index (χ1) is 15.4. The van der Waals surface area contributed by atoms with E-state index >= 15 is 0 Å². The van der Waals surface area contributed by atoms with Crippen molar-refractivity contribution in [1.29, 1.82) is 0 Å². The van der Waals surface area contributed by atoms with Crippen molar-refractivity contribution in [3.05, 3.63) is 73.2 Å². The summed E-state index contributed by atoms with van der Waals surface area (Å²) in [6.45, 7) is 2.52. The lowest BCUT2D eigenvalue weighted by molar-refractivity contribution is -0.385. The Kier molecular flexibility index (Phi) is 8.02. The number of amides is 1. The molecule has 0 unspecified atom stereocenters. The van der Waals surface area contributed by atoms with Crippen molar-refractivity contribution >= 4 is 34.5 Å². The molecule has 0 atom stereocenters. The number of carbonyl (C=O) groups excluding carboxylic acids is 1. The van der Waals surface area contributed by atoms with Crippen molar-refractivity contribution in [2.24, 2.45) is 0 Å². The molecule has 0 saturated carbocycles. The molecule has 1 aromatic heterocycles. The number of unbranched alkanes of at least 4 members (excludes halogenated alkanes) is 1. The van der Waals surface area contributed by atoms with Crippen molar-refractivity contribution < 1.29 is 19.2 Å². The maximum atomic E-state index is 12.5. The quantitative estimate of drug-likeness (QED) is 0.233. The van der Waals surface area contributed by atoms with E-state index in [4.69, 9.17) is 21.1 Å². The number of aryl methyl sites for hydroxylation is 2. The molecule has 0 spiro atoms. The van der Waals surface area contributed by atoms with Crippen LogP contribution in [0.5, 0.6) is 17.2 Å². The molecule has 1 heterocycles. The van der Waals surface area contributed by atoms with Crippen LogP contribution in [0.15, 0.2) is 41.8 Å². The van der Waals surface area contributed by atoms with Crippen LogP contribution in [0.25, 0.3) is 0 Å². The van der Waals surface area contributed by atoms with E-state index in [0.717, 1.165) is 30.0 Å². The summed E-state index contributed by atoms with van der Waals surface area (Å²) in [5, 5.41) is 17.5.